The highest BCUT2D eigenvalue weighted by Gasteiger charge is 2.09. The Balaban J connectivity index is 1.57. The molecule has 0 radical (unpaired) electrons. The van der Waals surface area contributed by atoms with Crippen LogP contribution in [0.4, 0.5) is 0 Å². The van der Waals surface area contributed by atoms with Gasteiger partial charge in [-0.25, -0.2) is 4.79 Å². The fourth-order valence-corrected chi connectivity index (χ4v) is 3.24. The van der Waals surface area contributed by atoms with Gasteiger partial charge in [-0.05, 0) is 36.4 Å². The molecule has 140 valence electrons. The van der Waals surface area contributed by atoms with E-state index in [0.29, 0.717) is 17.2 Å². The molecule has 28 heavy (non-hydrogen) atoms. The highest BCUT2D eigenvalue weighted by molar-refractivity contribution is 6.07. The molecule has 0 unspecified atom stereocenters. The van der Waals surface area contributed by atoms with Gasteiger partial charge in [-0.3, -0.25) is 0 Å². The molecular weight excluding hydrogens is 354 g/mol. The van der Waals surface area contributed by atoms with Crippen molar-refractivity contribution in [3.63, 3.8) is 0 Å². The van der Waals surface area contributed by atoms with E-state index in [9.17, 15) is 4.79 Å². The fourth-order valence-electron chi connectivity index (χ4n) is 3.24. The van der Waals surface area contributed by atoms with Gasteiger partial charge in [0.2, 0.25) is 0 Å². The number of H-pyrrole nitrogens is 1. The van der Waals surface area contributed by atoms with Crippen molar-refractivity contribution in [1.82, 2.24) is 4.98 Å². The Kier molecular flexibility index (Phi) is 4.72. The number of rotatable bonds is 5. The summed E-state index contributed by atoms with van der Waals surface area (Å²) in [6.07, 6.45) is 3.02. The number of para-hydroxylation sites is 2. The van der Waals surface area contributed by atoms with Gasteiger partial charge in [0.1, 0.15) is 5.75 Å². The molecule has 0 aliphatic carbocycles. The first kappa shape index (κ1) is 17.7. The number of carbonyl (C=O) groups is 1. The van der Waals surface area contributed by atoms with Gasteiger partial charge in [-0.2, -0.15) is 0 Å². The Morgan fingerprint density at radius 2 is 1.71 bits per heavy atom. The second-order valence-corrected chi connectivity index (χ2v) is 6.22. The average Bonchev–Trinajstić information content (AvgIpc) is 3.10. The zero-order chi connectivity index (χ0) is 19.5. The van der Waals surface area contributed by atoms with Gasteiger partial charge >= 0.3 is 5.97 Å². The van der Waals surface area contributed by atoms with Crippen molar-refractivity contribution in [2.45, 2.75) is 0 Å². The van der Waals surface area contributed by atoms with Crippen LogP contribution in [-0.4, -0.2) is 25.2 Å². The number of ether oxygens (including phenoxy) is 3. The van der Waals surface area contributed by atoms with Crippen molar-refractivity contribution in [3.05, 3.63) is 72.3 Å². The van der Waals surface area contributed by atoms with Gasteiger partial charge in [0.05, 0.1) is 14.2 Å². The molecular formula is C23H19NO4. The van der Waals surface area contributed by atoms with Gasteiger partial charge in [0.15, 0.2) is 11.5 Å². The number of esters is 1. The van der Waals surface area contributed by atoms with E-state index in [1.807, 2.05) is 48.5 Å². The average molecular weight is 373 g/mol. The zero-order valence-corrected chi connectivity index (χ0v) is 15.6. The zero-order valence-electron chi connectivity index (χ0n) is 15.6. The lowest BCUT2D eigenvalue weighted by molar-refractivity contribution is -0.128. The molecule has 0 aliphatic rings. The number of carbonyl (C=O) groups excluding carboxylic acids is 1. The number of hydrogen-bond acceptors (Lipinski definition) is 4. The monoisotopic (exact) mass is 373 g/mol. The Morgan fingerprint density at radius 3 is 2.54 bits per heavy atom. The predicted octanol–water partition coefficient (Wildman–Crippen LogP) is 4.96. The molecule has 1 heterocycles. The molecule has 1 aromatic heterocycles. The summed E-state index contributed by atoms with van der Waals surface area (Å²) in [5.41, 5.74) is 2.77. The van der Waals surface area contributed by atoms with Crippen molar-refractivity contribution in [3.8, 4) is 17.2 Å². The SMILES string of the molecule is COc1cccc(/C=C/C(=O)Oc2ccc3[nH]c4ccccc4c3c2)c1OC. The van der Waals surface area contributed by atoms with Crippen LogP contribution in [0.2, 0.25) is 0 Å². The maximum absolute atomic E-state index is 12.3. The standard InChI is InChI=1S/C23H19NO4/c1-26-21-9-5-6-15(23(21)27-2)10-13-22(25)28-16-11-12-20-18(14-16)17-7-3-4-8-19(17)24-20/h3-14,24H,1-2H3/b13-10+. The highest BCUT2D eigenvalue weighted by atomic mass is 16.5. The minimum Gasteiger partial charge on any atom is -0.493 e. The molecule has 0 aliphatic heterocycles. The molecule has 0 fully saturated rings. The molecule has 0 bridgehead atoms. The minimum absolute atomic E-state index is 0.468. The van der Waals surface area contributed by atoms with Crippen molar-refractivity contribution in [1.29, 1.82) is 0 Å². The molecule has 0 spiro atoms. The number of methoxy groups -OCH3 is 2. The number of fused-ring (bicyclic) bond motifs is 3. The third kappa shape index (κ3) is 3.30. The van der Waals surface area contributed by atoms with E-state index in [1.54, 1.807) is 32.4 Å². The van der Waals surface area contributed by atoms with E-state index < -0.39 is 5.97 Å². The number of hydrogen-bond donors (Lipinski definition) is 1. The first-order chi connectivity index (χ1) is 13.7. The van der Waals surface area contributed by atoms with Crippen LogP contribution in [0.3, 0.4) is 0 Å². The first-order valence-corrected chi connectivity index (χ1v) is 8.81. The largest absolute Gasteiger partial charge is 0.493 e. The van der Waals surface area contributed by atoms with Crippen LogP contribution in [-0.2, 0) is 4.79 Å². The summed E-state index contributed by atoms with van der Waals surface area (Å²) < 4.78 is 16.1. The van der Waals surface area contributed by atoms with Crippen LogP contribution < -0.4 is 14.2 Å². The van der Waals surface area contributed by atoms with Crippen LogP contribution in [0.1, 0.15) is 5.56 Å². The number of benzene rings is 3. The van der Waals surface area contributed by atoms with Crippen LogP contribution in [0.25, 0.3) is 27.9 Å². The van der Waals surface area contributed by atoms with E-state index in [-0.39, 0.29) is 0 Å². The molecule has 0 amide bonds. The van der Waals surface area contributed by atoms with E-state index in [0.717, 1.165) is 27.4 Å². The van der Waals surface area contributed by atoms with Crippen LogP contribution >= 0.6 is 0 Å². The summed E-state index contributed by atoms with van der Waals surface area (Å²) in [6, 6.07) is 19.0. The van der Waals surface area contributed by atoms with E-state index >= 15 is 0 Å². The minimum atomic E-state index is -0.468. The molecule has 4 aromatic rings. The Labute approximate surface area is 162 Å². The normalized spacial score (nSPS) is 11.2. The van der Waals surface area contributed by atoms with Gasteiger partial charge < -0.3 is 19.2 Å². The summed E-state index contributed by atoms with van der Waals surface area (Å²) in [7, 11) is 3.13. The molecule has 1 N–H and O–H groups in total. The van der Waals surface area contributed by atoms with E-state index in [2.05, 4.69) is 4.98 Å². The lowest BCUT2D eigenvalue weighted by Crippen LogP contribution is -2.03. The molecule has 0 saturated carbocycles. The van der Waals surface area contributed by atoms with Gasteiger partial charge in [0, 0.05) is 33.4 Å². The van der Waals surface area contributed by atoms with Crippen LogP contribution in [0, 0.1) is 0 Å². The summed E-state index contributed by atoms with van der Waals surface area (Å²) in [5.74, 6) is 1.19. The van der Waals surface area contributed by atoms with E-state index in [4.69, 9.17) is 14.2 Å². The van der Waals surface area contributed by atoms with Crippen molar-refractivity contribution in [2.75, 3.05) is 14.2 Å². The van der Waals surface area contributed by atoms with E-state index in [1.165, 1.54) is 6.08 Å². The second-order valence-electron chi connectivity index (χ2n) is 6.22. The topological polar surface area (TPSA) is 60.5 Å². The summed E-state index contributed by atoms with van der Waals surface area (Å²) in [6.45, 7) is 0. The lowest BCUT2D eigenvalue weighted by Gasteiger charge is -2.09. The number of aromatic nitrogens is 1. The third-order valence-electron chi connectivity index (χ3n) is 4.53. The third-order valence-corrected chi connectivity index (χ3v) is 4.53. The van der Waals surface area contributed by atoms with Crippen LogP contribution in [0.15, 0.2) is 66.7 Å². The highest BCUT2D eigenvalue weighted by Crippen LogP contribution is 2.32. The number of aromatic amines is 1. The smallest absolute Gasteiger partial charge is 0.336 e. The van der Waals surface area contributed by atoms with Gasteiger partial charge in [0.25, 0.3) is 0 Å². The maximum Gasteiger partial charge on any atom is 0.336 e. The predicted molar refractivity (Wildman–Crippen MR) is 110 cm³/mol. The molecule has 0 saturated heterocycles. The molecule has 5 nitrogen and oxygen atoms in total. The summed E-state index contributed by atoms with van der Waals surface area (Å²) in [4.78, 5) is 15.6. The fraction of sp³-hybridized carbons (Fsp3) is 0.0870. The maximum atomic E-state index is 12.3. The molecule has 5 heteroatoms. The molecule has 3 aromatic carbocycles. The Hall–Kier alpha value is -3.73. The van der Waals surface area contributed by atoms with Gasteiger partial charge in [-0.15, -0.1) is 0 Å². The second kappa shape index (κ2) is 7.48. The summed E-state index contributed by atoms with van der Waals surface area (Å²) in [5, 5.41) is 2.10. The number of nitrogens with one attached hydrogen (secondary N) is 1. The lowest BCUT2D eigenvalue weighted by atomic mass is 10.1. The van der Waals surface area contributed by atoms with Crippen molar-refractivity contribution in [2.24, 2.45) is 0 Å². The first-order valence-electron chi connectivity index (χ1n) is 8.81. The van der Waals surface area contributed by atoms with Crippen molar-refractivity contribution < 1.29 is 19.0 Å². The van der Waals surface area contributed by atoms with Crippen molar-refractivity contribution >= 4 is 33.9 Å². The molecule has 0 atom stereocenters. The summed E-state index contributed by atoms with van der Waals surface area (Å²) >= 11 is 0. The molecule has 4 rings (SSSR count). The quantitative estimate of drug-likeness (QED) is 0.305. The van der Waals surface area contributed by atoms with Gasteiger partial charge in [-0.1, -0.05) is 30.3 Å². The Bertz CT molecular complexity index is 1190. The van der Waals surface area contributed by atoms with Crippen LogP contribution in [0.5, 0.6) is 17.2 Å². The Morgan fingerprint density at radius 1 is 0.893 bits per heavy atom.